The summed E-state index contributed by atoms with van der Waals surface area (Å²) in [6.07, 6.45) is -0.979. The van der Waals surface area contributed by atoms with Crippen LogP contribution in [0.3, 0.4) is 0 Å². The van der Waals surface area contributed by atoms with Gasteiger partial charge >= 0.3 is 18.1 Å². The average molecular weight is 466 g/mol. The lowest BCUT2D eigenvalue weighted by Crippen LogP contribution is -2.31. The van der Waals surface area contributed by atoms with Crippen LogP contribution in [0, 0.1) is 5.92 Å². The van der Waals surface area contributed by atoms with Gasteiger partial charge in [-0.05, 0) is 43.5 Å². The van der Waals surface area contributed by atoms with Crippen molar-refractivity contribution in [2.24, 2.45) is 5.92 Å². The van der Waals surface area contributed by atoms with Crippen LogP contribution in [-0.4, -0.2) is 39.7 Å². The molecule has 1 saturated carbocycles. The molecule has 0 unspecified atom stereocenters. The fourth-order valence-corrected chi connectivity index (χ4v) is 3.57. The largest absolute Gasteiger partial charge is 0.481 e. The number of hydrogen-bond donors (Lipinski definition) is 3. The Morgan fingerprint density at radius 3 is 2.58 bits per heavy atom. The number of carboxylic acids is 1. The van der Waals surface area contributed by atoms with Gasteiger partial charge in [0.05, 0.1) is 18.1 Å². The Balaban J connectivity index is 1.76. The number of alkyl halides is 3. The standard InChI is InChI=1S/C22H25F3N4O4/c1-2-3-11-33-20(32)13-7-9-14(10-8-13)27-21-26-12-16(22(23,24)25)18(29-21)28-17-6-4-5-15(17)19(30)31/h7-10,12,15,17H,2-6,11H2,1H3,(H,30,31)(H2,26,27,28,29)/t15-,17+/m0/s1. The van der Waals surface area contributed by atoms with Crippen molar-refractivity contribution in [3.63, 3.8) is 0 Å². The van der Waals surface area contributed by atoms with Crippen LogP contribution in [0.15, 0.2) is 30.5 Å². The van der Waals surface area contributed by atoms with Gasteiger partial charge in [-0.3, -0.25) is 4.79 Å². The number of carbonyl (C=O) groups is 2. The fourth-order valence-electron chi connectivity index (χ4n) is 3.57. The highest BCUT2D eigenvalue weighted by atomic mass is 19.4. The fraction of sp³-hybridized carbons (Fsp3) is 0.455. The second kappa shape index (κ2) is 10.5. The number of nitrogens with one attached hydrogen (secondary N) is 2. The van der Waals surface area contributed by atoms with Crippen LogP contribution >= 0.6 is 0 Å². The topological polar surface area (TPSA) is 113 Å². The number of aliphatic carboxylic acids is 1. The van der Waals surface area contributed by atoms with Crippen molar-refractivity contribution in [1.82, 2.24) is 9.97 Å². The maximum atomic E-state index is 13.5. The van der Waals surface area contributed by atoms with Gasteiger partial charge in [-0.2, -0.15) is 18.2 Å². The van der Waals surface area contributed by atoms with Gasteiger partial charge in [0.15, 0.2) is 0 Å². The number of nitrogens with zero attached hydrogens (tertiary/aromatic N) is 2. The summed E-state index contributed by atoms with van der Waals surface area (Å²) in [5.74, 6) is -2.89. The summed E-state index contributed by atoms with van der Waals surface area (Å²) >= 11 is 0. The van der Waals surface area contributed by atoms with Crippen molar-refractivity contribution in [1.29, 1.82) is 0 Å². The first-order valence-electron chi connectivity index (χ1n) is 10.7. The molecule has 2 aromatic rings. The van der Waals surface area contributed by atoms with Crippen molar-refractivity contribution < 1.29 is 32.6 Å². The monoisotopic (exact) mass is 466 g/mol. The lowest BCUT2D eigenvalue weighted by Gasteiger charge is -2.21. The molecule has 1 aliphatic rings. The van der Waals surface area contributed by atoms with E-state index in [0.29, 0.717) is 43.3 Å². The van der Waals surface area contributed by atoms with Crippen LogP contribution in [0.25, 0.3) is 0 Å². The highest BCUT2D eigenvalue weighted by molar-refractivity contribution is 5.89. The Hall–Kier alpha value is -3.37. The van der Waals surface area contributed by atoms with Crippen molar-refractivity contribution in [2.75, 3.05) is 17.2 Å². The highest BCUT2D eigenvalue weighted by Crippen LogP contribution is 2.36. The predicted octanol–water partition coefficient (Wildman–Crippen LogP) is 4.86. The Morgan fingerprint density at radius 1 is 1.21 bits per heavy atom. The first kappa shape index (κ1) is 24.3. The minimum absolute atomic E-state index is 0.103. The zero-order valence-electron chi connectivity index (χ0n) is 18.0. The van der Waals surface area contributed by atoms with E-state index in [9.17, 15) is 27.9 Å². The van der Waals surface area contributed by atoms with E-state index in [1.807, 2.05) is 6.92 Å². The molecule has 3 N–H and O–H groups in total. The first-order valence-corrected chi connectivity index (χ1v) is 10.7. The number of carboxylic acid groups (broad SMARTS) is 1. The second-order valence-corrected chi connectivity index (χ2v) is 7.77. The number of anilines is 3. The van der Waals surface area contributed by atoms with E-state index in [4.69, 9.17) is 4.74 Å². The van der Waals surface area contributed by atoms with E-state index < -0.39 is 41.5 Å². The van der Waals surface area contributed by atoms with Crippen LogP contribution in [0.5, 0.6) is 0 Å². The Bertz CT molecular complexity index is 983. The Morgan fingerprint density at radius 2 is 1.94 bits per heavy atom. The van der Waals surface area contributed by atoms with Gasteiger partial charge in [-0.1, -0.05) is 19.8 Å². The molecule has 1 fully saturated rings. The summed E-state index contributed by atoms with van der Waals surface area (Å²) in [6, 6.07) is 5.50. The second-order valence-electron chi connectivity index (χ2n) is 7.77. The normalized spacial score (nSPS) is 18.1. The van der Waals surface area contributed by atoms with Gasteiger partial charge in [0.2, 0.25) is 5.95 Å². The van der Waals surface area contributed by atoms with Gasteiger partial charge in [-0.25, -0.2) is 9.78 Å². The number of unbranched alkanes of at least 4 members (excludes halogenated alkanes) is 1. The summed E-state index contributed by atoms with van der Waals surface area (Å²) in [4.78, 5) is 31.1. The van der Waals surface area contributed by atoms with Crippen molar-refractivity contribution in [3.8, 4) is 0 Å². The van der Waals surface area contributed by atoms with Gasteiger partial charge in [0.1, 0.15) is 11.4 Å². The van der Waals surface area contributed by atoms with Gasteiger partial charge < -0.3 is 20.5 Å². The molecule has 1 aliphatic carbocycles. The quantitative estimate of drug-likeness (QED) is 0.355. The summed E-state index contributed by atoms with van der Waals surface area (Å²) in [5, 5.41) is 14.8. The van der Waals surface area contributed by atoms with Gasteiger partial charge in [-0.15, -0.1) is 0 Å². The van der Waals surface area contributed by atoms with E-state index >= 15 is 0 Å². The smallest absolute Gasteiger partial charge is 0.421 e. The van der Waals surface area contributed by atoms with Crippen LogP contribution < -0.4 is 10.6 Å². The Kier molecular flexibility index (Phi) is 7.72. The molecule has 8 nitrogen and oxygen atoms in total. The molecule has 2 atom stereocenters. The predicted molar refractivity (Wildman–Crippen MR) is 114 cm³/mol. The molecule has 0 aliphatic heterocycles. The van der Waals surface area contributed by atoms with E-state index in [-0.39, 0.29) is 5.95 Å². The van der Waals surface area contributed by atoms with E-state index in [2.05, 4.69) is 20.6 Å². The highest BCUT2D eigenvalue weighted by Gasteiger charge is 2.38. The molecular formula is C22H25F3N4O4. The zero-order valence-corrected chi connectivity index (χ0v) is 18.0. The number of hydrogen-bond acceptors (Lipinski definition) is 7. The van der Waals surface area contributed by atoms with Gasteiger partial charge in [0.25, 0.3) is 0 Å². The SMILES string of the molecule is CCCCOC(=O)c1ccc(Nc2ncc(C(F)(F)F)c(N[C@@H]3CCC[C@@H]3C(=O)O)n2)cc1. The van der Waals surface area contributed by atoms with Crippen molar-refractivity contribution in [3.05, 3.63) is 41.6 Å². The van der Waals surface area contributed by atoms with Crippen LogP contribution in [0.2, 0.25) is 0 Å². The molecular weight excluding hydrogens is 441 g/mol. The first-order chi connectivity index (χ1) is 15.7. The molecule has 1 heterocycles. The molecule has 0 spiro atoms. The molecule has 0 saturated heterocycles. The lowest BCUT2D eigenvalue weighted by atomic mass is 10.0. The third-order valence-electron chi connectivity index (χ3n) is 5.36. The van der Waals surface area contributed by atoms with Crippen LogP contribution in [-0.2, 0) is 15.7 Å². The maximum absolute atomic E-state index is 13.5. The van der Waals surface area contributed by atoms with Crippen molar-refractivity contribution in [2.45, 2.75) is 51.2 Å². The van der Waals surface area contributed by atoms with E-state index in [0.717, 1.165) is 12.8 Å². The van der Waals surface area contributed by atoms with E-state index in [1.54, 1.807) is 12.1 Å². The molecule has 1 aromatic carbocycles. The van der Waals surface area contributed by atoms with E-state index in [1.165, 1.54) is 12.1 Å². The number of rotatable bonds is 9. The van der Waals surface area contributed by atoms with Gasteiger partial charge in [0, 0.05) is 17.9 Å². The molecule has 178 valence electrons. The Labute approximate surface area is 188 Å². The number of halogens is 3. The minimum atomic E-state index is -4.71. The average Bonchev–Trinajstić information content (AvgIpc) is 3.22. The summed E-state index contributed by atoms with van der Waals surface area (Å²) < 4.78 is 45.5. The summed E-state index contributed by atoms with van der Waals surface area (Å²) in [7, 11) is 0. The van der Waals surface area contributed by atoms with Crippen LogP contribution in [0.1, 0.15) is 54.9 Å². The van der Waals surface area contributed by atoms with Crippen LogP contribution in [0.4, 0.5) is 30.6 Å². The number of ether oxygens (including phenoxy) is 1. The van der Waals surface area contributed by atoms with Crippen molar-refractivity contribution >= 4 is 29.4 Å². The number of esters is 1. The third kappa shape index (κ3) is 6.33. The summed E-state index contributed by atoms with van der Waals surface area (Å²) in [6.45, 7) is 2.31. The summed E-state index contributed by atoms with van der Waals surface area (Å²) in [5.41, 5.74) is -0.280. The molecule has 1 aromatic heterocycles. The number of aromatic nitrogens is 2. The molecule has 33 heavy (non-hydrogen) atoms. The molecule has 0 amide bonds. The number of carbonyl (C=O) groups excluding carboxylic acids is 1. The lowest BCUT2D eigenvalue weighted by molar-refractivity contribution is -0.141. The minimum Gasteiger partial charge on any atom is -0.481 e. The maximum Gasteiger partial charge on any atom is 0.421 e. The molecule has 3 rings (SSSR count). The number of benzene rings is 1. The molecule has 11 heteroatoms. The molecule has 0 bridgehead atoms. The third-order valence-corrected chi connectivity index (χ3v) is 5.36. The zero-order chi connectivity index (χ0) is 24.0. The molecule has 0 radical (unpaired) electrons.